The van der Waals surface area contributed by atoms with Crippen LogP contribution in [0.4, 0.5) is 5.69 Å². The molecule has 0 saturated carbocycles. The molecular weight excluding hydrogens is 260 g/mol. The van der Waals surface area contributed by atoms with Crippen LogP contribution >= 0.6 is 0 Å². The topological polar surface area (TPSA) is 74.4 Å². The third-order valence-electron chi connectivity index (χ3n) is 2.96. The highest BCUT2D eigenvalue weighted by atomic mass is 16.6. The minimum Gasteiger partial charge on any atom is -0.478 e. The first-order chi connectivity index (χ1) is 9.50. The highest BCUT2D eigenvalue weighted by Crippen LogP contribution is 2.30. The van der Waals surface area contributed by atoms with E-state index in [1.54, 1.807) is 49.0 Å². The molecule has 6 heteroatoms. The van der Waals surface area contributed by atoms with E-state index in [1.807, 2.05) is 0 Å². The van der Waals surface area contributed by atoms with E-state index >= 15 is 0 Å². The molecule has 1 aromatic carbocycles. The molecule has 0 spiro atoms. The summed E-state index contributed by atoms with van der Waals surface area (Å²) in [4.78, 5) is 22.4. The van der Waals surface area contributed by atoms with E-state index in [2.05, 4.69) is 0 Å². The van der Waals surface area contributed by atoms with Crippen LogP contribution < -0.4 is 4.74 Å². The van der Waals surface area contributed by atoms with E-state index in [-0.39, 0.29) is 23.8 Å². The van der Waals surface area contributed by atoms with Gasteiger partial charge in [0.2, 0.25) is 11.5 Å². The van der Waals surface area contributed by atoms with E-state index in [9.17, 15) is 14.9 Å². The highest BCUT2D eigenvalue weighted by molar-refractivity contribution is 5.95. The van der Waals surface area contributed by atoms with Gasteiger partial charge in [-0.25, -0.2) is 0 Å². The maximum absolute atomic E-state index is 12.0. The molecule has 0 bridgehead atoms. The molecule has 6 nitrogen and oxygen atoms in total. The fourth-order valence-electron chi connectivity index (χ4n) is 1.93. The van der Waals surface area contributed by atoms with Crippen molar-refractivity contribution in [1.29, 1.82) is 0 Å². The lowest BCUT2D eigenvalue weighted by Gasteiger charge is -2.09. The molecule has 0 unspecified atom stereocenters. The number of nitro benzene ring substituents is 1. The fourth-order valence-corrected chi connectivity index (χ4v) is 1.93. The second kappa shape index (κ2) is 5.56. The number of aryl methyl sites for hydroxylation is 2. The summed E-state index contributed by atoms with van der Waals surface area (Å²) >= 11 is 0. The van der Waals surface area contributed by atoms with Crippen LogP contribution in [0.3, 0.4) is 0 Å². The summed E-state index contributed by atoms with van der Waals surface area (Å²) in [6, 6.07) is 8.07. The van der Waals surface area contributed by atoms with Gasteiger partial charge in [0, 0.05) is 19.3 Å². The Hall–Kier alpha value is -2.63. The number of aromatic nitrogens is 1. The van der Waals surface area contributed by atoms with Gasteiger partial charge in [0.1, 0.15) is 0 Å². The molecule has 0 radical (unpaired) electrons. The third-order valence-corrected chi connectivity index (χ3v) is 2.96. The Morgan fingerprint density at radius 3 is 2.70 bits per heavy atom. The molecule has 2 aromatic rings. The summed E-state index contributed by atoms with van der Waals surface area (Å²) in [5.74, 6) is -0.0879. The SMILES string of the molecule is Cc1cccc([N+](=O)[O-])c1OCC(=O)c1cccn1C. The number of benzene rings is 1. The molecule has 0 atom stereocenters. The Morgan fingerprint density at radius 1 is 1.35 bits per heavy atom. The van der Waals surface area contributed by atoms with Crippen molar-refractivity contribution in [2.24, 2.45) is 7.05 Å². The van der Waals surface area contributed by atoms with Gasteiger partial charge in [0.15, 0.2) is 6.61 Å². The number of carbonyl (C=O) groups is 1. The lowest BCUT2D eigenvalue weighted by Crippen LogP contribution is -2.15. The molecule has 0 saturated heterocycles. The van der Waals surface area contributed by atoms with Gasteiger partial charge in [-0.15, -0.1) is 0 Å². The molecule has 0 fully saturated rings. The van der Waals surface area contributed by atoms with Crippen LogP contribution in [0.15, 0.2) is 36.5 Å². The molecule has 20 heavy (non-hydrogen) atoms. The monoisotopic (exact) mass is 274 g/mol. The summed E-state index contributed by atoms with van der Waals surface area (Å²) in [5.41, 5.74) is 0.991. The van der Waals surface area contributed by atoms with Crippen LogP contribution in [0.1, 0.15) is 16.1 Å². The number of nitrogens with zero attached hydrogens (tertiary/aromatic N) is 2. The van der Waals surface area contributed by atoms with Crippen molar-refractivity contribution in [3.8, 4) is 5.75 Å². The zero-order valence-corrected chi connectivity index (χ0v) is 11.2. The molecule has 1 heterocycles. The summed E-state index contributed by atoms with van der Waals surface area (Å²) < 4.78 is 7.04. The van der Waals surface area contributed by atoms with Gasteiger partial charge in [-0.05, 0) is 24.6 Å². The molecule has 0 N–H and O–H groups in total. The predicted octanol–water partition coefficient (Wildman–Crippen LogP) is 2.50. The number of para-hydroxylation sites is 1. The highest BCUT2D eigenvalue weighted by Gasteiger charge is 2.19. The maximum atomic E-state index is 12.0. The summed E-state index contributed by atoms with van der Waals surface area (Å²) in [5, 5.41) is 10.9. The minimum absolute atomic E-state index is 0.135. The lowest BCUT2D eigenvalue weighted by atomic mass is 10.2. The number of ether oxygens (including phenoxy) is 1. The quantitative estimate of drug-likeness (QED) is 0.477. The Bertz CT molecular complexity index is 661. The predicted molar refractivity (Wildman–Crippen MR) is 73.1 cm³/mol. The zero-order chi connectivity index (χ0) is 14.7. The van der Waals surface area contributed by atoms with E-state index < -0.39 is 4.92 Å². The standard InChI is InChI=1S/C14H14N2O4/c1-10-5-3-6-12(16(18)19)14(10)20-9-13(17)11-7-4-8-15(11)2/h3-8H,9H2,1-2H3. The molecule has 104 valence electrons. The van der Waals surface area contributed by atoms with Gasteiger partial charge >= 0.3 is 5.69 Å². The van der Waals surface area contributed by atoms with Crippen LogP contribution in [0, 0.1) is 17.0 Å². The maximum Gasteiger partial charge on any atom is 0.311 e. The van der Waals surface area contributed by atoms with Crippen molar-refractivity contribution in [1.82, 2.24) is 4.57 Å². The molecule has 0 aliphatic rings. The van der Waals surface area contributed by atoms with E-state index in [0.717, 1.165) is 0 Å². The number of ketones is 1. The van der Waals surface area contributed by atoms with Crippen LogP contribution in [-0.4, -0.2) is 21.9 Å². The van der Waals surface area contributed by atoms with Crippen molar-refractivity contribution < 1.29 is 14.5 Å². The lowest BCUT2D eigenvalue weighted by molar-refractivity contribution is -0.385. The van der Waals surface area contributed by atoms with Crippen LogP contribution in [0.5, 0.6) is 5.75 Å². The smallest absolute Gasteiger partial charge is 0.311 e. The first-order valence-corrected chi connectivity index (χ1v) is 6.02. The Kier molecular flexibility index (Phi) is 3.84. The first-order valence-electron chi connectivity index (χ1n) is 6.02. The number of Topliss-reactive ketones (excluding diaryl/α,β-unsaturated/α-hetero) is 1. The molecule has 0 aliphatic carbocycles. The molecular formula is C14H14N2O4. The number of nitro groups is 1. The summed E-state index contributed by atoms with van der Waals surface area (Å²) in [7, 11) is 1.75. The second-order valence-electron chi connectivity index (χ2n) is 4.40. The van der Waals surface area contributed by atoms with Crippen LogP contribution in [0.2, 0.25) is 0 Å². The minimum atomic E-state index is -0.519. The summed E-state index contributed by atoms with van der Waals surface area (Å²) in [6.07, 6.45) is 1.75. The van der Waals surface area contributed by atoms with Gasteiger partial charge in [0.25, 0.3) is 0 Å². The Morgan fingerprint density at radius 2 is 2.10 bits per heavy atom. The van der Waals surface area contributed by atoms with Crippen molar-refractivity contribution in [3.63, 3.8) is 0 Å². The first kappa shape index (κ1) is 13.8. The van der Waals surface area contributed by atoms with E-state index in [0.29, 0.717) is 11.3 Å². The second-order valence-corrected chi connectivity index (χ2v) is 4.40. The summed E-state index contributed by atoms with van der Waals surface area (Å²) in [6.45, 7) is 1.47. The normalized spacial score (nSPS) is 10.3. The van der Waals surface area contributed by atoms with Crippen LogP contribution in [0.25, 0.3) is 0 Å². The fraction of sp³-hybridized carbons (Fsp3) is 0.214. The Balaban J connectivity index is 2.18. The number of rotatable bonds is 5. The van der Waals surface area contributed by atoms with Gasteiger partial charge in [-0.1, -0.05) is 12.1 Å². The van der Waals surface area contributed by atoms with E-state index in [4.69, 9.17) is 4.74 Å². The van der Waals surface area contributed by atoms with Gasteiger partial charge in [0.05, 0.1) is 10.6 Å². The molecule has 0 aliphatic heterocycles. The zero-order valence-electron chi connectivity index (χ0n) is 11.2. The molecule has 1 aromatic heterocycles. The van der Waals surface area contributed by atoms with Crippen molar-refractivity contribution >= 4 is 11.5 Å². The van der Waals surface area contributed by atoms with Gasteiger partial charge in [-0.2, -0.15) is 0 Å². The van der Waals surface area contributed by atoms with Gasteiger partial charge < -0.3 is 9.30 Å². The third kappa shape index (κ3) is 2.69. The molecule has 2 rings (SSSR count). The van der Waals surface area contributed by atoms with Gasteiger partial charge in [-0.3, -0.25) is 14.9 Å². The average molecular weight is 274 g/mol. The largest absolute Gasteiger partial charge is 0.478 e. The molecule has 0 amide bonds. The van der Waals surface area contributed by atoms with E-state index in [1.165, 1.54) is 6.07 Å². The van der Waals surface area contributed by atoms with Crippen LogP contribution in [-0.2, 0) is 7.05 Å². The average Bonchev–Trinajstić information content (AvgIpc) is 2.83. The number of hydrogen-bond acceptors (Lipinski definition) is 4. The number of carbonyl (C=O) groups excluding carboxylic acids is 1. The van der Waals surface area contributed by atoms with Crippen molar-refractivity contribution in [2.75, 3.05) is 6.61 Å². The Labute approximate surface area is 115 Å². The van der Waals surface area contributed by atoms with Crippen molar-refractivity contribution in [2.45, 2.75) is 6.92 Å². The number of hydrogen-bond donors (Lipinski definition) is 0. The van der Waals surface area contributed by atoms with Crippen molar-refractivity contribution in [3.05, 3.63) is 57.9 Å².